The summed E-state index contributed by atoms with van der Waals surface area (Å²) in [5, 5.41) is 0. The molecule has 2 saturated carbocycles. The van der Waals surface area contributed by atoms with Crippen LogP contribution in [-0.2, 0) is 0 Å². The molecule has 2 unspecified atom stereocenters. The van der Waals surface area contributed by atoms with E-state index in [1.165, 1.54) is 6.42 Å². The summed E-state index contributed by atoms with van der Waals surface area (Å²) in [6, 6.07) is 0. The molecule has 2 rings (SSSR count). The first-order valence-corrected chi connectivity index (χ1v) is 4.29. The first-order chi connectivity index (χ1) is 4.29. The van der Waals surface area contributed by atoms with E-state index in [1.54, 1.807) is 12.8 Å². The molecule has 0 nitrogen and oxygen atoms in total. The Morgan fingerprint density at radius 3 is 1.78 bits per heavy atom. The number of hydrogen-bond acceptors (Lipinski definition) is 0. The van der Waals surface area contributed by atoms with Crippen LogP contribution >= 0.6 is 0 Å². The summed E-state index contributed by atoms with van der Waals surface area (Å²) in [6.07, 6.45) is 4.58. The summed E-state index contributed by atoms with van der Waals surface area (Å²) in [5.41, 5.74) is 0. The van der Waals surface area contributed by atoms with Crippen molar-refractivity contribution in [3.05, 3.63) is 0 Å². The molecule has 2 atom stereocenters. The zero-order chi connectivity index (χ0) is 6.43. The lowest BCUT2D eigenvalue weighted by Gasteiger charge is -2.41. The van der Waals surface area contributed by atoms with E-state index >= 15 is 0 Å². The second-order valence-electron chi connectivity index (χ2n) is 4.11. The van der Waals surface area contributed by atoms with Crippen molar-refractivity contribution >= 4 is 0 Å². The van der Waals surface area contributed by atoms with E-state index in [4.69, 9.17) is 0 Å². The van der Waals surface area contributed by atoms with Crippen molar-refractivity contribution in [2.75, 3.05) is 0 Å². The van der Waals surface area contributed by atoms with Crippen LogP contribution in [0.4, 0.5) is 0 Å². The van der Waals surface area contributed by atoms with Gasteiger partial charge in [0, 0.05) is 0 Å². The van der Waals surface area contributed by atoms with Gasteiger partial charge in [0.1, 0.15) is 0 Å². The minimum absolute atomic E-state index is 1.06. The monoisotopic (exact) mass is 124 g/mol. The molecular formula is C9H16. The van der Waals surface area contributed by atoms with Crippen LogP contribution in [0.5, 0.6) is 0 Å². The topological polar surface area (TPSA) is 0 Å². The fourth-order valence-corrected chi connectivity index (χ4v) is 2.68. The molecule has 0 N–H and O–H groups in total. The van der Waals surface area contributed by atoms with Gasteiger partial charge in [0.15, 0.2) is 0 Å². The quantitative estimate of drug-likeness (QED) is 0.504. The lowest BCUT2D eigenvalue weighted by atomic mass is 9.64. The van der Waals surface area contributed by atoms with Gasteiger partial charge in [0.05, 0.1) is 0 Å². The fraction of sp³-hybridized carbons (Fsp3) is 1.00. The Labute approximate surface area is 57.6 Å². The summed E-state index contributed by atoms with van der Waals surface area (Å²) in [6.45, 7) is 4.84. The second kappa shape index (κ2) is 1.74. The van der Waals surface area contributed by atoms with Crippen molar-refractivity contribution in [3.8, 4) is 0 Å². The molecule has 0 amide bonds. The van der Waals surface area contributed by atoms with Gasteiger partial charge in [0.25, 0.3) is 0 Å². The third-order valence-corrected chi connectivity index (χ3v) is 3.22. The Morgan fingerprint density at radius 1 is 1.00 bits per heavy atom. The maximum Gasteiger partial charge on any atom is -0.0334 e. The third-order valence-electron chi connectivity index (χ3n) is 3.22. The van der Waals surface area contributed by atoms with Crippen LogP contribution in [0.15, 0.2) is 0 Å². The van der Waals surface area contributed by atoms with E-state index in [0.717, 1.165) is 23.7 Å². The molecular weight excluding hydrogens is 108 g/mol. The van der Waals surface area contributed by atoms with Gasteiger partial charge >= 0.3 is 0 Å². The smallest absolute Gasteiger partial charge is 0.0334 e. The standard InChI is InChI=1S/C9H16/c1-6-5-7(2)9(6)8-3-4-8/h6-9H,3-5H2,1-2H3. The zero-order valence-electron chi connectivity index (χ0n) is 6.43. The predicted molar refractivity (Wildman–Crippen MR) is 39.2 cm³/mol. The van der Waals surface area contributed by atoms with E-state index < -0.39 is 0 Å². The van der Waals surface area contributed by atoms with Gasteiger partial charge in [-0.15, -0.1) is 0 Å². The zero-order valence-corrected chi connectivity index (χ0v) is 6.43. The fourth-order valence-electron chi connectivity index (χ4n) is 2.68. The maximum absolute atomic E-state index is 2.42. The van der Waals surface area contributed by atoms with E-state index in [2.05, 4.69) is 13.8 Å². The molecule has 0 heterocycles. The number of rotatable bonds is 1. The normalized spacial score (nSPS) is 50.7. The Bertz CT molecular complexity index is 102. The Kier molecular flexibility index (Phi) is 1.12. The molecule has 0 aromatic carbocycles. The summed E-state index contributed by atoms with van der Waals surface area (Å²) < 4.78 is 0. The van der Waals surface area contributed by atoms with Crippen molar-refractivity contribution in [1.82, 2.24) is 0 Å². The highest BCUT2D eigenvalue weighted by molar-refractivity contribution is 4.94. The highest BCUT2D eigenvalue weighted by Crippen LogP contribution is 2.53. The van der Waals surface area contributed by atoms with Gasteiger partial charge < -0.3 is 0 Å². The molecule has 0 bridgehead atoms. The van der Waals surface area contributed by atoms with Crippen LogP contribution in [0.25, 0.3) is 0 Å². The molecule has 0 spiro atoms. The molecule has 2 aliphatic rings. The molecule has 52 valence electrons. The third kappa shape index (κ3) is 0.798. The minimum atomic E-state index is 1.06. The van der Waals surface area contributed by atoms with Crippen LogP contribution in [0.3, 0.4) is 0 Å². The average Bonchev–Trinajstić information content (AvgIpc) is 2.49. The first-order valence-electron chi connectivity index (χ1n) is 4.29. The van der Waals surface area contributed by atoms with E-state index in [0.29, 0.717) is 0 Å². The van der Waals surface area contributed by atoms with Gasteiger partial charge in [-0.25, -0.2) is 0 Å². The van der Waals surface area contributed by atoms with Crippen molar-refractivity contribution in [2.45, 2.75) is 33.1 Å². The first kappa shape index (κ1) is 5.76. The highest BCUT2D eigenvalue weighted by Gasteiger charge is 2.44. The van der Waals surface area contributed by atoms with Crippen molar-refractivity contribution in [2.24, 2.45) is 23.7 Å². The Hall–Kier alpha value is 0. The van der Waals surface area contributed by atoms with Gasteiger partial charge in [-0.3, -0.25) is 0 Å². The lowest BCUT2D eigenvalue weighted by Crippen LogP contribution is -2.34. The molecule has 0 heteroatoms. The molecule has 0 aromatic rings. The van der Waals surface area contributed by atoms with Gasteiger partial charge in [0.2, 0.25) is 0 Å². The van der Waals surface area contributed by atoms with Crippen molar-refractivity contribution < 1.29 is 0 Å². The van der Waals surface area contributed by atoms with Crippen molar-refractivity contribution in [1.29, 1.82) is 0 Å². The van der Waals surface area contributed by atoms with E-state index in [9.17, 15) is 0 Å². The molecule has 0 radical (unpaired) electrons. The minimum Gasteiger partial charge on any atom is -0.0622 e. The molecule has 0 aromatic heterocycles. The van der Waals surface area contributed by atoms with Gasteiger partial charge in [-0.05, 0) is 42.9 Å². The molecule has 2 fully saturated rings. The van der Waals surface area contributed by atoms with Crippen LogP contribution in [0, 0.1) is 23.7 Å². The van der Waals surface area contributed by atoms with Crippen LogP contribution in [0.1, 0.15) is 33.1 Å². The largest absolute Gasteiger partial charge is 0.0622 e. The summed E-state index contributed by atoms with van der Waals surface area (Å²) >= 11 is 0. The van der Waals surface area contributed by atoms with E-state index in [-0.39, 0.29) is 0 Å². The molecule has 9 heavy (non-hydrogen) atoms. The maximum atomic E-state index is 2.42. The average molecular weight is 124 g/mol. The summed E-state index contributed by atoms with van der Waals surface area (Å²) in [7, 11) is 0. The van der Waals surface area contributed by atoms with Crippen LogP contribution in [-0.4, -0.2) is 0 Å². The van der Waals surface area contributed by atoms with E-state index in [1.807, 2.05) is 0 Å². The second-order valence-corrected chi connectivity index (χ2v) is 4.11. The van der Waals surface area contributed by atoms with Gasteiger partial charge in [-0.2, -0.15) is 0 Å². The van der Waals surface area contributed by atoms with Crippen LogP contribution < -0.4 is 0 Å². The lowest BCUT2D eigenvalue weighted by molar-refractivity contribution is 0.0798. The molecule has 2 aliphatic carbocycles. The Morgan fingerprint density at radius 2 is 1.56 bits per heavy atom. The molecule has 0 aliphatic heterocycles. The Balaban J connectivity index is 1.93. The summed E-state index contributed by atoms with van der Waals surface area (Å²) in [4.78, 5) is 0. The van der Waals surface area contributed by atoms with Crippen molar-refractivity contribution in [3.63, 3.8) is 0 Å². The SMILES string of the molecule is CC1CC(C)C1C1CC1. The van der Waals surface area contributed by atoms with Crippen LogP contribution in [0.2, 0.25) is 0 Å². The summed E-state index contributed by atoms with van der Waals surface area (Å²) in [5.74, 6) is 4.41. The number of hydrogen-bond donors (Lipinski definition) is 0. The molecule has 0 saturated heterocycles. The van der Waals surface area contributed by atoms with Gasteiger partial charge in [-0.1, -0.05) is 13.8 Å². The highest BCUT2D eigenvalue weighted by atomic mass is 14.5. The predicted octanol–water partition coefficient (Wildman–Crippen LogP) is 2.69.